The molecule has 2 aromatic rings. The first-order chi connectivity index (χ1) is 15.5. The maximum absolute atomic E-state index is 13.4. The molecule has 33 heavy (non-hydrogen) atoms. The second-order valence-corrected chi connectivity index (χ2v) is 9.08. The third-order valence-electron chi connectivity index (χ3n) is 5.56. The van der Waals surface area contributed by atoms with Crippen LogP contribution in [0.25, 0.3) is 10.8 Å². The molecule has 4 rings (SSSR count). The Labute approximate surface area is 190 Å². The molecular formula is C24H24N2O7. The molecule has 0 spiro atoms. The highest BCUT2D eigenvalue weighted by Crippen LogP contribution is 2.35. The molecule has 1 atom stereocenters. The molecular weight excluding hydrogens is 428 g/mol. The largest absolute Gasteiger partial charge is 0.482 e. The summed E-state index contributed by atoms with van der Waals surface area (Å²) in [4.78, 5) is 65.2. The summed E-state index contributed by atoms with van der Waals surface area (Å²) in [6.07, 6.45) is 0.125. The van der Waals surface area contributed by atoms with Crippen LogP contribution >= 0.6 is 0 Å². The number of imide groups is 2. The van der Waals surface area contributed by atoms with Gasteiger partial charge < -0.3 is 9.47 Å². The van der Waals surface area contributed by atoms with Gasteiger partial charge in [-0.25, -0.2) is 4.79 Å². The number of benzene rings is 2. The molecule has 0 aliphatic carbocycles. The number of hydrogen-bond donors (Lipinski definition) is 0. The number of esters is 1. The van der Waals surface area contributed by atoms with E-state index in [4.69, 9.17) is 9.47 Å². The Balaban J connectivity index is 1.70. The van der Waals surface area contributed by atoms with Crippen LogP contribution in [0.2, 0.25) is 0 Å². The minimum absolute atomic E-state index is 0.0556. The van der Waals surface area contributed by atoms with Gasteiger partial charge in [0.25, 0.3) is 17.7 Å². The number of hydrogen-bond acceptors (Lipinski definition) is 7. The fourth-order valence-electron chi connectivity index (χ4n) is 4.12. The lowest BCUT2D eigenvalue weighted by molar-refractivity contribution is -0.157. The van der Waals surface area contributed by atoms with Crippen LogP contribution in [0.4, 0.5) is 0 Å². The van der Waals surface area contributed by atoms with Gasteiger partial charge in [0.05, 0.1) is 5.56 Å². The number of ether oxygens (including phenoxy) is 2. The summed E-state index contributed by atoms with van der Waals surface area (Å²) < 4.78 is 10.8. The normalized spacial score (nSPS) is 18.7. The van der Waals surface area contributed by atoms with Crippen molar-refractivity contribution >= 4 is 40.4 Å². The highest BCUT2D eigenvalue weighted by molar-refractivity contribution is 6.27. The van der Waals surface area contributed by atoms with E-state index in [9.17, 15) is 24.0 Å². The lowest BCUT2D eigenvalue weighted by Crippen LogP contribution is -2.57. The van der Waals surface area contributed by atoms with Gasteiger partial charge in [-0.2, -0.15) is 0 Å². The number of likely N-dealkylation sites (N-methyl/N-ethyl adjacent to an activating group) is 1. The smallest absolute Gasteiger partial charge is 0.344 e. The van der Waals surface area contributed by atoms with E-state index in [0.29, 0.717) is 10.8 Å². The summed E-state index contributed by atoms with van der Waals surface area (Å²) in [6.45, 7) is 4.88. The molecule has 0 saturated carbocycles. The molecule has 1 fully saturated rings. The minimum Gasteiger partial charge on any atom is -0.482 e. The van der Waals surface area contributed by atoms with E-state index < -0.39 is 35.3 Å². The standard InChI is InChI=1S/C24H24N2O7/c1-24(2,3)33-19(28)12-32-14-10-13-6-5-7-15-20(13)16(11-14)22(30)26(21(15)29)17-8-9-18(27)25(4)23(17)31/h5-7,10-11,17H,8-9,12H2,1-4H3. The average Bonchev–Trinajstić information content (AvgIpc) is 2.74. The van der Waals surface area contributed by atoms with Crippen LogP contribution in [-0.4, -0.2) is 64.7 Å². The van der Waals surface area contributed by atoms with E-state index in [2.05, 4.69) is 0 Å². The number of carbonyl (C=O) groups is 5. The van der Waals surface area contributed by atoms with Crippen molar-refractivity contribution in [3.63, 3.8) is 0 Å². The van der Waals surface area contributed by atoms with E-state index in [-0.39, 0.29) is 42.2 Å². The highest BCUT2D eigenvalue weighted by atomic mass is 16.6. The van der Waals surface area contributed by atoms with Crippen molar-refractivity contribution in [2.45, 2.75) is 45.3 Å². The monoisotopic (exact) mass is 452 g/mol. The third kappa shape index (κ3) is 4.06. The topological polar surface area (TPSA) is 110 Å². The second-order valence-electron chi connectivity index (χ2n) is 9.08. The van der Waals surface area contributed by atoms with Crippen molar-refractivity contribution in [1.82, 2.24) is 9.80 Å². The van der Waals surface area contributed by atoms with Crippen molar-refractivity contribution < 1.29 is 33.4 Å². The number of nitrogens with zero attached hydrogens (tertiary/aromatic N) is 2. The van der Waals surface area contributed by atoms with Gasteiger partial charge in [0, 0.05) is 24.4 Å². The summed E-state index contributed by atoms with van der Waals surface area (Å²) >= 11 is 0. The van der Waals surface area contributed by atoms with Gasteiger partial charge >= 0.3 is 5.97 Å². The third-order valence-corrected chi connectivity index (χ3v) is 5.56. The predicted octanol–water partition coefficient (Wildman–Crippen LogP) is 2.30. The van der Waals surface area contributed by atoms with Crippen LogP contribution in [-0.2, 0) is 19.1 Å². The summed E-state index contributed by atoms with van der Waals surface area (Å²) in [7, 11) is 1.34. The molecule has 0 bridgehead atoms. The Morgan fingerprint density at radius 3 is 2.45 bits per heavy atom. The van der Waals surface area contributed by atoms with Crippen LogP contribution in [0.15, 0.2) is 30.3 Å². The van der Waals surface area contributed by atoms with Gasteiger partial charge in [-0.15, -0.1) is 0 Å². The van der Waals surface area contributed by atoms with Crippen LogP contribution in [0.5, 0.6) is 5.75 Å². The van der Waals surface area contributed by atoms with Crippen LogP contribution in [0.1, 0.15) is 54.3 Å². The molecule has 2 aromatic carbocycles. The summed E-state index contributed by atoms with van der Waals surface area (Å²) in [5, 5.41) is 1.05. The van der Waals surface area contributed by atoms with Crippen molar-refractivity contribution in [2.75, 3.05) is 13.7 Å². The van der Waals surface area contributed by atoms with Crippen molar-refractivity contribution in [3.8, 4) is 5.75 Å². The van der Waals surface area contributed by atoms with Gasteiger partial charge in [-0.05, 0) is 50.8 Å². The van der Waals surface area contributed by atoms with Crippen LogP contribution in [0.3, 0.4) is 0 Å². The number of piperidine rings is 1. The quantitative estimate of drug-likeness (QED) is 0.517. The lowest BCUT2D eigenvalue weighted by Gasteiger charge is -2.37. The first-order valence-corrected chi connectivity index (χ1v) is 10.6. The first kappa shape index (κ1) is 22.4. The summed E-state index contributed by atoms with van der Waals surface area (Å²) in [5.74, 6) is -2.48. The first-order valence-electron chi connectivity index (χ1n) is 10.6. The molecule has 0 N–H and O–H groups in total. The molecule has 4 amide bonds. The molecule has 9 heteroatoms. The van der Waals surface area contributed by atoms with Crippen molar-refractivity contribution in [2.24, 2.45) is 0 Å². The van der Waals surface area contributed by atoms with Gasteiger partial charge in [0.1, 0.15) is 17.4 Å². The summed E-state index contributed by atoms with van der Waals surface area (Å²) in [6, 6.07) is 7.03. The van der Waals surface area contributed by atoms with Crippen LogP contribution in [0, 0.1) is 0 Å². The zero-order chi connectivity index (χ0) is 24.1. The Morgan fingerprint density at radius 2 is 1.76 bits per heavy atom. The SMILES string of the molecule is CN1C(=O)CCC(N2C(=O)c3cccc4cc(OCC(=O)OC(C)(C)C)cc(c34)C2=O)C1=O. The highest BCUT2D eigenvalue weighted by Gasteiger charge is 2.44. The van der Waals surface area contributed by atoms with Crippen molar-refractivity contribution in [1.29, 1.82) is 0 Å². The molecule has 0 radical (unpaired) electrons. The Morgan fingerprint density at radius 1 is 1.06 bits per heavy atom. The zero-order valence-electron chi connectivity index (χ0n) is 18.8. The molecule has 1 unspecified atom stereocenters. The maximum Gasteiger partial charge on any atom is 0.344 e. The molecule has 2 aliphatic heterocycles. The minimum atomic E-state index is -1.07. The van der Waals surface area contributed by atoms with E-state index in [1.165, 1.54) is 13.1 Å². The fourth-order valence-corrected chi connectivity index (χ4v) is 4.12. The van der Waals surface area contributed by atoms with E-state index in [1.807, 2.05) is 0 Å². The molecule has 0 aromatic heterocycles. The fraction of sp³-hybridized carbons (Fsp3) is 0.375. The second kappa shape index (κ2) is 7.99. The summed E-state index contributed by atoms with van der Waals surface area (Å²) in [5.41, 5.74) is -0.190. The van der Waals surface area contributed by atoms with Crippen molar-refractivity contribution in [3.05, 3.63) is 41.5 Å². The average molecular weight is 452 g/mol. The molecule has 1 saturated heterocycles. The van der Waals surface area contributed by atoms with Crippen LogP contribution < -0.4 is 4.74 Å². The van der Waals surface area contributed by atoms with E-state index in [1.54, 1.807) is 45.0 Å². The van der Waals surface area contributed by atoms with Gasteiger partial charge in [-0.1, -0.05) is 12.1 Å². The number of rotatable bonds is 4. The van der Waals surface area contributed by atoms with Gasteiger partial charge in [0.2, 0.25) is 5.91 Å². The van der Waals surface area contributed by atoms with Gasteiger partial charge in [-0.3, -0.25) is 29.0 Å². The molecule has 172 valence electrons. The van der Waals surface area contributed by atoms with Gasteiger partial charge in [0.15, 0.2) is 6.61 Å². The van der Waals surface area contributed by atoms with E-state index in [0.717, 1.165) is 9.80 Å². The zero-order valence-corrected chi connectivity index (χ0v) is 18.8. The Bertz CT molecular complexity index is 1210. The molecule has 2 heterocycles. The molecule has 2 aliphatic rings. The van der Waals surface area contributed by atoms with E-state index >= 15 is 0 Å². The lowest BCUT2D eigenvalue weighted by atomic mass is 9.91. The number of carbonyl (C=O) groups excluding carboxylic acids is 5. The Hall–Kier alpha value is -3.75. The predicted molar refractivity (Wildman–Crippen MR) is 117 cm³/mol. The Kier molecular flexibility index (Phi) is 5.43. The maximum atomic E-state index is 13.4. The number of likely N-dealkylation sites (tertiary alicyclic amines) is 1. The number of amides is 4. The molecule has 9 nitrogen and oxygen atoms in total.